The number of hydrogen-bond acceptors (Lipinski definition) is 8. The van der Waals surface area contributed by atoms with Gasteiger partial charge in [-0.3, -0.25) is 9.59 Å². The Morgan fingerprint density at radius 3 is 2.81 bits per heavy atom. The molecule has 1 N–H and O–H groups in total. The molecule has 3 aromatic rings. The summed E-state index contributed by atoms with van der Waals surface area (Å²) in [5.41, 5.74) is 2.50. The van der Waals surface area contributed by atoms with Gasteiger partial charge in [-0.25, -0.2) is 4.79 Å². The highest BCUT2D eigenvalue weighted by Gasteiger charge is 2.43. The van der Waals surface area contributed by atoms with Crippen molar-refractivity contribution < 1.29 is 23.5 Å². The van der Waals surface area contributed by atoms with E-state index in [1.165, 1.54) is 6.26 Å². The van der Waals surface area contributed by atoms with Gasteiger partial charge in [-0.2, -0.15) is 0 Å². The number of esters is 1. The van der Waals surface area contributed by atoms with Gasteiger partial charge in [0.1, 0.15) is 12.2 Å². The number of dihydropyridines is 1. The van der Waals surface area contributed by atoms with Gasteiger partial charge in [0, 0.05) is 46.4 Å². The molecule has 1 saturated heterocycles. The minimum absolute atomic E-state index is 0.0493. The molecule has 6 rings (SSSR count). The third-order valence-corrected chi connectivity index (χ3v) is 8.47. The number of fused-ring (bicyclic) bond motifs is 1. The average molecular weight is 518 g/mol. The van der Waals surface area contributed by atoms with Crippen molar-refractivity contribution in [3.63, 3.8) is 0 Å². The van der Waals surface area contributed by atoms with Gasteiger partial charge in [0.05, 0.1) is 29.2 Å². The molecule has 0 spiro atoms. The predicted octanol–water partition coefficient (Wildman–Crippen LogP) is 4.94. The van der Waals surface area contributed by atoms with Crippen LogP contribution in [0, 0.1) is 0 Å². The average Bonchev–Trinajstić information content (AvgIpc) is 3.62. The third-order valence-electron chi connectivity index (χ3n) is 7.44. The summed E-state index contributed by atoms with van der Waals surface area (Å²) >= 11 is 1.63. The van der Waals surface area contributed by atoms with Crippen LogP contribution in [0.2, 0.25) is 0 Å². The van der Waals surface area contributed by atoms with E-state index in [4.69, 9.17) is 13.9 Å². The van der Waals surface area contributed by atoms with E-state index < -0.39 is 11.9 Å². The highest BCUT2D eigenvalue weighted by atomic mass is 32.1. The Kier molecular flexibility index (Phi) is 6.30. The van der Waals surface area contributed by atoms with E-state index in [1.807, 2.05) is 17.5 Å². The highest BCUT2D eigenvalue weighted by Crippen LogP contribution is 2.46. The normalized spacial score (nSPS) is 23.8. The summed E-state index contributed by atoms with van der Waals surface area (Å²) in [5, 5.41) is 5.75. The minimum Gasteiger partial charge on any atom is -0.464 e. The lowest BCUT2D eigenvalue weighted by Gasteiger charge is -2.36. The Balaban J connectivity index is 1.44. The van der Waals surface area contributed by atoms with E-state index in [1.54, 1.807) is 42.5 Å². The van der Waals surface area contributed by atoms with Crippen molar-refractivity contribution in [3.05, 3.63) is 91.2 Å². The molecule has 3 atom stereocenters. The molecule has 1 fully saturated rings. The zero-order valence-electron chi connectivity index (χ0n) is 20.5. The van der Waals surface area contributed by atoms with Crippen LogP contribution >= 0.6 is 11.3 Å². The maximum absolute atomic E-state index is 13.7. The van der Waals surface area contributed by atoms with Crippen molar-refractivity contribution >= 4 is 34.1 Å². The van der Waals surface area contributed by atoms with E-state index in [0.29, 0.717) is 41.7 Å². The molecule has 0 amide bonds. The van der Waals surface area contributed by atoms with E-state index >= 15 is 0 Å². The standard InChI is InChI=1S/C29H27NO6S/c1-16-25(29(33)36-14-18-6-4-10-34-18)26(20-15-35-23-8-3-2-7-19(23)28(20)32)27-21(30-16)12-17(13-22(27)31)24-9-5-11-37-24/h2-3,5,7-9,11,15,17-18,26,30H,4,6,10,12-14H2,1H3. The molecule has 0 radical (unpaired) electrons. The molecule has 2 aromatic heterocycles. The van der Waals surface area contributed by atoms with Crippen molar-refractivity contribution in [2.24, 2.45) is 0 Å². The lowest BCUT2D eigenvalue weighted by molar-refractivity contribution is -0.142. The Bertz CT molecular complexity index is 1490. The number of para-hydroxylation sites is 1. The van der Waals surface area contributed by atoms with Crippen LogP contribution in [0.15, 0.2) is 79.8 Å². The van der Waals surface area contributed by atoms with Gasteiger partial charge in [0.15, 0.2) is 11.2 Å². The molecule has 1 aliphatic carbocycles. The first-order chi connectivity index (χ1) is 18.0. The Morgan fingerprint density at radius 2 is 2.03 bits per heavy atom. The highest BCUT2D eigenvalue weighted by molar-refractivity contribution is 7.10. The predicted molar refractivity (Wildman–Crippen MR) is 139 cm³/mol. The SMILES string of the molecule is CC1=C(C(=O)OCC2CCCO2)C(c2coc3ccccc3c2=O)C2=C(CC(c3cccs3)CC2=O)N1. The quantitative estimate of drug-likeness (QED) is 0.479. The number of carbonyl (C=O) groups excluding carboxylic acids is 2. The number of ether oxygens (including phenoxy) is 2. The molecule has 190 valence electrons. The van der Waals surface area contributed by atoms with E-state index in [9.17, 15) is 14.4 Å². The summed E-state index contributed by atoms with van der Waals surface area (Å²) < 4.78 is 17.1. The van der Waals surface area contributed by atoms with Crippen LogP contribution in [0.4, 0.5) is 0 Å². The number of allylic oxidation sites excluding steroid dienone is 3. The molecule has 7 nitrogen and oxygen atoms in total. The van der Waals surface area contributed by atoms with Crippen LogP contribution in [-0.2, 0) is 19.1 Å². The number of rotatable bonds is 5. The van der Waals surface area contributed by atoms with Gasteiger partial charge in [0.25, 0.3) is 0 Å². The number of thiophene rings is 1. The zero-order valence-corrected chi connectivity index (χ0v) is 21.3. The van der Waals surface area contributed by atoms with Crippen LogP contribution in [0.25, 0.3) is 11.0 Å². The van der Waals surface area contributed by atoms with Crippen LogP contribution < -0.4 is 10.7 Å². The summed E-state index contributed by atoms with van der Waals surface area (Å²) in [6.07, 6.45) is 3.95. The summed E-state index contributed by atoms with van der Waals surface area (Å²) in [4.78, 5) is 42.1. The smallest absolute Gasteiger partial charge is 0.336 e. The first-order valence-corrected chi connectivity index (χ1v) is 13.5. The monoisotopic (exact) mass is 517 g/mol. The largest absolute Gasteiger partial charge is 0.464 e. The van der Waals surface area contributed by atoms with Crippen LogP contribution in [0.1, 0.15) is 54.9 Å². The number of carbonyl (C=O) groups is 2. The molecule has 0 saturated carbocycles. The Hall–Kier alpha value is -3.49. The lowest BCUT2D eigenvalue weighted by Crippen LogP contribution is -2.37. The van der Waals surface area contributed by atoms with Crippen LogP contribution in [-0.4, -0.2) is 31.1 Å². The zero-order chi connectivity index (χ0) is 25.5. The second-order valence-electron chi connectivity index (χ2n) is 9.78. The van der Waals surface area contributed by atoms with E-state index in [-0.39, 0.29) is 41.0 Å². The maximum atomic E-state index is 13.7. The van der Waals surface area contributed by atoms with Gasteiger partial charge in [0.2, 0.25) is 0 Å². The first-order valence-electron chi connectivity index (χ1n) is 12.6. The number of benzene rings is 1. The fourth-order valence-electron chi connectivity index (χ4n) is 5.66. The second kappa shape index (κ2) is 9.76. The number of hydrogen-bond donors (Lipinski definition) is 1. The number of Topliss-reactive ketones (excluding diaryl/α,β-unsaturated/α-hetero) is 1. The van der Waals surface area contributed by atoms with Gasteiger partial charge in [-0.15, -0.1) is 11.3 Å². The van der Waals surface area contributed by atoms with Crippen molar-refractivity contribution in [2.45, 2.75) is 50.5 Å². The Morgan fingerprint density at radius 1 is 1.16 bits per heavy atom. The lowest BCUT2D eigenvalue weighted by atomic mass is 9.73. The molecule has 0 bridgehead atoms. The summed E-state index contributed by atoms with van der Waals surface area (Å²) in [6.45, 7) is 2.58. The van der Waals surface area contributed by atoms with Gasteiger partial charge < -0.3 is 19.2 Å². The van der Waals surface area contributed by atoms with Gasteiger partial charge in [-0.1, -0.05) is 18.2 Å². The maximum Gasteiger partial charge on any atom is 0.336 e. The topological polar surface area (TPSA) is 94.8 Å². The van der Waals surface area contributed by atoms with Gasteiger partial charge >= 0.3 is 5.97 Å². The summed E-state index contributed by atoms with van der Waals surface area (Å²) in [7, 11) is 0. The first kappa shape index (κ1) is 23.9. The van der Waals surface area contributed by atoms with E-state index in [0.717, 1.165) is 23.4 Å². The fraction of sp³-hybridized carbons (Fsp3) is 0.345. The molecule has 4 heterocycles. The summed E-state index contributed by atoms with van der Waals surface area (Å²) in [5.74, 6) is -1.46. The summed E-state index contributed by atoms with van der Waals surface area (Å²) in [6, 6.07) is 11.0. The number of ketones is 1. The van der Waals surface area contributed by atoms with Crippen molar-refractivity contribution in [2.75, 3.05) is 13.2 Å². The molecule has 37 heavy (non-hydrogen) atoms. The minimum atomic E-state index is -0.870. The molecule has 3 unspecified atom stereocenters. The van der Waals surface area contributed by atoms with Crippen molar-refractivity contribution in [1.82, 2.24) is 5.32 Å². The fourth-order valence-corrected chi connectivity index (χ4v) is 6.49. The molecule has 8 heteroatoms. The number of nitrogens with one attached hydrogen (secondary N) is 1. The van der Waals surface area contributed by atoms with Crippen LogP contribution in [0.3, 0.4) is 0 Å². The molecular weight excluding hydrogens is 490 g/mol. The Labute approximate surface area is 217 Å². The van der Waals surface area contributed by atoms with Crippen LogP contribution in [0.5, 0.6) is 0 Å². The molecule has 3 aliphatic rings. The molecular formula is C29H27NO6S. The van der Waals surface area contributed by atoms with Crippen molar-refractivity contribution in [1.29, 1.82) is 0 Å². The van der Waals surface area contributed by atoms with Crippen molar-refractivity contribution in [3.8, 4) is 0 Å². The molecule has 1 aromatic carbocycles. The third kappa shape index (κ3) is 4.34. The second-order valence-corrected chi connectivity index (χ2v) is 10.8. The molecule has 2 aliphatic heterocycles. The van der Waals surface area contributed by atoms with Gasteiger partial charge in [-0.05, 0) is 49.8 Å². The van der Waals surface area contributed by atoms with E-state index in [2.05, 4.69) is 5.32 Å².